The molecule has 0 unspecified atom stereocenters. The lowest BCUT2D eigenvalue weighted by molar-refractivity contribution is 1.07. The number of hydrogen-bond acceptors (Lipinski definition) is 3. The Balaban J connectivity index is 2.37. The summed E-state index contributed by atoms with van der Waals surface area (Å²) in [4.78, 5) is 8.72. The van der Waals surface area contributed by atoms with E-state index in [9.17, 15) is 0 Å². The highest BCUT2D eigenvalue weighted by Crippen LogP contribution is 2.33. The number of nitrogens with zero attached hydrogens (tertiary/aromatic N) is 3. The molecule has 1 aromatic carbocycles. The number of nitrogen functional groups attached to an aromatic ring is 1. The third kappa shape index (κ3) is 2.10. The van der Waals surface area contributed by atoms with Crippen LogP contribution < -0.4 is 5.73 Å². The number of aromatic nitrogens is 3. The summed E-state index contributed by atoms with van der Waals surface area (Å²) in [5, 5.41) is 1.20. The average Bonchev–Trinajstić information content (AvgIpc) is 2.69. The monoisotopic (exact) mass is 326 g/mol. The summed E-state index contributed by atoms with van der Waals surface area (Å²) in [6.45, 7) is 1.89. The van der Waals surface area contributed by atoms with Crippen LogP contribution in [0.25, 0.3) is 16.9 Å². The number of benzene rings is 1. The smallest absolute Gasteiger partial charge is 0.207 e. The van der Waals surface area contributed by atoms with Gasteiger partial charge in [-0.3, -0.25) is 4.57 Å². The molecule has 102 valence electrons. The molecule has 7 heteroatoms. The van der Waals surface area contributed by atoms with Gasteiger partial charge in [0.15, 0.2) is 5.65 Å². The Kier molecular flexibility index (Phi) is 3.24. The van der Waals surface area contributed by atoms with Crippen molar-refractivity contribution in [2.75, 3.05) is 5.73 Å². The lowest BCUT2D eigenvalue weighted by Crippen LogP contribution is -2.02. The summed E-state index contributed by atoms with van der Waals surface area (Å²) in [5.41, 5.74) is 8.74. The number of nitrogens with two attached hydrogens (primary N) is 1. The molecule has 0 saturated carbocycles. The van der Waals surface area contributed by atoms with E-state index in [0.29, 0.717) is 37.9 Å². The number of rotatable bonds is 1. The van der Waals surface area contributed by atoms with E-state index in [1.165, 1.54) is 0 Å². The standard InChI is InChI=1S/C13H9Cl3N4/c1-6-2-3-10-12(18-6)20(13(17)19-10)11-5-8(15)7(14)4-9(11)16/h2-5H,1H3,(H2,17,19). The van der Waals surface area contributed by atoms with E-state index in [0.717, 1.165) is 5.69 Å². The predicted octanol–water partition coefficient (Wildman–Crippen LogP) is 4.27. The van der Waals surface area contributed by atoms with Gasteiger partial charge < -0.3 is 5.73 Å². The van der Waals surface area contributed by atoms with Crippen LogP contribution in [0, 0.1) is 6.92 Å². The number of aryl methyl sites for hydroxylation is 1. The first kappa shape index (κ1) is 13.5. The summed E-state index contributed by atoms with van der Waals surface area (Å²) in [6, 6.07) is 6.95. The van der Waals surface area contributed by atoms with Crippen LogP contribution in [0.4, 0.5) is 5.95 Å². The van der Waals surface area contributed by atoms with Crippen LogP contribution in [0.1, 0.15) is 5.69 Å². The van der Waals surface area contributed by atoms with Crippen LogP contribution in [0.2, 0.25) is 15.1 Å². The van der Waals surface area contributed by atoms with Gasteiger partial charge in [-0.15, -0.1) is 0 Å². The molecular formula is C13H9Cl3N4. The van der Waals surface area contributed by atoms with Crippen molar-refractivity contribution in [2.24, 2.45) is 0 Å². The molecule has 0 aliphatic heterocycles. The molecule has 2 N–H and O–H groups in total. The van der Waals surface area contributed by atoms with Crippen molar-refractivity contribution in [3.63, 3.8) is 0 Å². The lowest BCUT2D eigenvalue weighted by atomic mass is 10.3. The molecule has 3 aromatic rings. The van der Waals surface area contributed by atoms with Crippen LogP contribution in [0.3, 0.4) is 0 Å². The second-order valence-electron chi connectivity index (χ2n) is 4.32. The quantitative estimate of drug-likeness (QED) is 0.679. The normalized spacial score (nSPS) is 11.2. The molecule has 0 amide bonds. The maximum absolute atomic E-state index is 6.23. The minimum atomic E-state index is 0.290. The molecule has 0 aliphatic carbocycles. The zero-order valence-corrected chi connectivity index (χ0v) is 12.6. The number of pyridine rings is 1. The molecule has 0 saturated heterocycles. The highest BCUT2D eigenvalue weighted by molar-refractivity contribution is 6.43. The molecule has 20 heavy (non-hydrogen) atoms. The summed E-state index contributed by atoms with van der Waals surface area (Å²) >= 11 is 18.2. The number of hydrogen-bond donors (Lipinski definition) is 1. The van der Waals surface area contributed by atoms with Crippen LogP contribution >= 0.6 is 34.8 Å². The zero-order chi connectivity index (χ0) is 14.4. The number of imidazole rings is 1. The Hall–Kier alpha value is -1.49. The first-order valence-electron chi connectivity index (χ1n) is 5.74. The Labute approximate surface area is 130 Å². The SMILES string of the molecule is Cc1ccc2nc(N)n(-c3cc(Cl)c(Cl)cc3Cl)c2n1. The highest BCUT2D eigenvalue weighted by Gasteiger charge is 2.15. The molecule has 3 rings (SSSR count). The van der Waals surface area contributed by atoms with Gasteiger partial charge in [0.1, 0.15) is 5.52 Å². The number of anilines is 1. The molecule has 2 aromatic heterocycles. The molecule has 0 bridgehead atoms. The molecule has 4 nitrogen and oxygen atoms in total. The van der Waals surface area contributed by atoms with E-state index in [1.54, 1.807) is 16.7 Å². The molecule has 0 atom stereocenters. The Morgan fingerprint density at radius 2 is 1.70 bits per heavy atom. The van der Waals surface area contributed by atoms with E-state index < -0.39 is 0 Å². The largest absolute Gasteiger partial charge is 0.369 e. The van der Waals surface area contributed by atoms with Gasteiger partial charge in [-0.05, 0) is 31.2 Å². The van der Waals surface area contributed by atoms with Gasteiger partial charge in [0, 0.05) is 5.69 Å². The second kappa shape index (κ2) is 4.81. The second-order valence-corrected chi connectivity index (χ2v) is 5.54. The molecule has 0 aliphatic rings. The molecule has 0 fully saturated rings. The van der Waals surface area contributed by atoms with Crippen molar-refractivity contribution in [3.8, 4) is 5.69 Å². The molecule has 2 heterocycles. The molecule has 0 radical (unpaired) electrons. The minimum absolute atomic E-state index is 0.290. The fraction of sp³-hybridized carbons (Fsp3) is 0.0769. The molecule has 0 spiro atoms. The van der Waals surface area contributed by atoms with Crippen molar-refractivity contribution >= 4 is 51.9 Å². The van der Waals surface area contributed by atoms with E-state index in [4.69, 9.17) is 40.5 Å². The van der Waals surface area contributed by atoms with Crippen LogP contribution in [-0.4, -0.2) is 14.5 Å². The average molecular weight is 328 g/mol. The summed E-state index contributed by atoms with van der Waals surface area (Å²) in [6.07, 6.45) is 0. The van der Waals surface area contributed by atoms with Crippen LogP contribution in [-0.2, 0) is 0 Å². The van der Waals surface area contributed by atoms with Crippen molar-refractivity contribution in [1.82, 2.24) is 14.5 Å². The predicted molar refractivity (Wildman–Crippen MR) is 83.0 cm³/mol. The minimum Gasteiger partial charge on any atom is -0.369 e. The fourth-order valence-electron chi connectivity index (χ4n) is 1.99. The topological polar surface area (TPSA) is 56.7 Å². The number of halogens is 3. The number of fused-ring (bicyclic) bond motifs is 1. The van der Waals surface area contributed by atoms with Gasteiger partial charge in [0.25, 0.3) is 0 Å². The van der Waals surface area contributed by atoms with E-state index >= 15 is 0 Å². The molecular weight excluding hydrogens is 319 g/mol. The third-order valence-electron chi connectivity index (χ3n) is 2.90. The van der Waals surface area contributed by atoms with E-state index in [2.05, 4.69) is 9.97 Å². The Morgan fingerprint density at radius 1 is 1.00 bits per heavy atom. The first-order chi connectivity index (χ1) is 9.47. The third-order valence-corrected chi connectivity index (χ3v) is 3.93. The van der Waals surface area contributed by atoms with Crippen molar-refractivity contribution < 1.29 is 0 Å². The van der Waals surface area contributed by atoms with Gasteiger partial charge >= 0.3 is 0 Å². The first-order valence-corrected chi connectivity index (χ1v) is 6.87. The van der Waals surface area contributed by atoms with Gasteiger partial charge in [-0.25, -0.2) is 9.97 Å². The lowest BCUT2D eigenvalue weighted by Gasteiger charge is -2.10. The van der Waals surface area contributed by atoms with Gasteiger partial charge in [0.2, 0.25) is 5.95 Å². The highest BCUT2D eigenvalue weighted by atomic mass is 35.5. The van der Waals surface area contributed by atoms with Crippen LogP contribution in [0.15, 0.2) is 24.3 Å². The van der Waals surface area contributed by atoms with Gasteiger partial charge in [-0.2, -0.15) is 0 Å². The maximum Gasteiger partial charge on any atom is 0.207 e. The van der Waals surface area contributed by atoms with E-state index in [1.807, 2.05) is 19.1 Å². The van der Waals surface area contributed by atoms with Crippen molar-refractivity contribution in [2.45, 2.75) is 6.92 Å². The summed E-state index contributed by atoms with van der Waals surface area (Å²) < 4.78 is 1.66. The Morgan fingerprint density at radius 3 is 2.45 bits per heavy atom. The van der Waals surface area contributed by atoms with Gasteiger partial charge in [0.05, 0.1) is 20.8 Å². The van der Waals surface area contributed by atoms with Crippen molar-refractivity contribution in [1.29, 1.82) is 0 Å². The maximum atomic E-state index is 6.23. The summed E-state index contributed by atoms with van der Waals surface area (Å²) in [5.74, 6) is 0.290. The van der Waals surface area contributed by atoms with Crippen LogP contribution in [0.5, 0.6) is 0 Å². The summed E-state index contributed by atoms with van der Waals surface area (Å²) in [7, 11) is 0. The van der Waals surface area contributed by atoms with Crippen molar-refractivity contribution in [3.05, 3.63) is 45.0 Å². The fourth-order valence-corrected chi connectivity index (χ4v) is 2.62. The van der Waals surface area contributed by atoms with Gasteiger partial charge in [-0.1, -0.05) is 34.8 Å². The van der Waals surface area contributed by atoms with E-state index in [-0.39, 0.29) is 0 Å². The zero-order valence-electron chi connectivity index (χ0n) is 10.4. The Bertz CT molecular complexity index is 826.